The van der Waals surface area contributed by atoms with E-state index in [1.807, 2.05) is 0 Å². The molecule has 3 rings (SSSR count). The molecule has 2 aromatic carbocycles. The van der Waals surface area contributed by atoms with Gasteiger partial charge in [-0.05, 0) is 50.2 Å². The van der Waals surface area contributed by atoms with Crippen LogP contribution in [0.4, 0.5) is 13.2 Å². The van der Waals surface area contributed by atoms with Gasteiger partial charge in [0.1, 0.15) is 11.6 Å². The second kappa shape index (κ2) is 10.7. The molecule has 0 bridgehead atoms. The molecule has 1 heterocycles. The molecule has 1 fully saturated rings. The molecule has 1 saturated heterocycles. The molecule has 2 unspecified atom stereocenters. The summed E-state index contributed by atoms with van der Waals surface area (Å²) in [5, 5.41) is 0. The smallest absolute Gasteiger partial charge is 0.167 e. The lowest BCUT2D eigenvalue weighted by molar-refractivity contribution is -0.0214. The highest BCUT2D eigenvalue weighted by atomic mass is 19.2. The summed E-state index contributed by atoms with van der Waals surface area (Å²) in [5.41, 5.74) is 0.101. The fourth-order valence-electron chi connectivity index (χ4n) is 3.93. The first-order valence-corrected chi connectivity index (χ1v) is 10.7. The Kier molecular flexibility index (Phi) is 7.97. The third-order valence-electron chi connectivity index (χ3n) is 5.58. The molecule has 162 valence electrons. The third-order valence-corrected chi connectivity index (χ3v) is 5.58. The van der Waals surface area contributed by atoms with Crippen molar-refractivity contribution in [1.29, 1.82) is 0 Å². The number of rotatable bonds is 9. The standard InChI is InChI=1S/C25H29F3O2/c1-3-5-6-14-29-18-9-10-19(22(26)15-18)20-11-12-21(25(28)24(20)27)23-13-8-17(7-4-2)16-30-23/h3,9-12,15,17,23H,1,4-8,13-14,16H2,2H3. The van der Waals surface area contributed by atoms with E-state index in [-0.39, 0.29) is 16.7 Å². The number of halogens is 3. The molecule has 0 spiro atoms. The lowest BCUT2D eigenvalue weighted by Gasteiger charge is -2.29. The number of benzene rings is 2. The van der Waals surface area contributed by atoms with Crippen LogP contribution in [0.5, 0.6) is 5.75 Å². The molecular formula is C25H29F3O2. The Bertz CT molecular complexity index is 858. The normalized spacial score (nSPS) is 18.9. The van der Waals surface area contributed by atoms with Crippen molar-refractivity contribution in [2.24, 2.45) is 5.92 Å². The number of allylic oxidation sites excluding steroid dienone is 1. The Morgan fingerprint density at radius 3 is 2.57 bits per heavy atom. The van der Waals surface area contributed by atoms with Crippen molar-refractivity contribution < 1.29 is 22.6 Å². The van der Waals surface area contributed by atoms with Crippen LogP contribution >= 0.6 is 0 Å². The van der Waals surface area contributed by atoms with E-state index in [1.54, 1.807) is 12.1 Å². The van der Waals surface area contributed by atoms with Crippen LogP contribution in [-0.2, 0) is 4.74 Å². The fourth-order valence-corrected chi connectivity index (χ4v) is 3.93. The van der Waals surface area contributed by atoms with Crippen molar-refractivity contribution in [3.05, 3.63) is 66.0 Å². The summed E-state index contributed by atoms with van der Waals surface area (Å²) in [7, 11) is 0. The van der Waals surface area contributed by atoms with E-state index in [2.05, 4.69) is 13.5 Å². The topological polar surface area (TPSA) is 18.5 Å². The minimum absolute atomic E-state index is 0.00367. The van der Waals surface area contributed by atoms with Gasteiger partial charge in [-0.2, -0.15) is 0 Å². The van der Waals surface area contributed by atoms with Crippen LogP contribution in [0.3, 0.4) is 0 Å². The summed E-state index contributed by atoms with van der Waals surface area (Å²) in [5.74, 6) is -1.83. The molecule has 0 radical (unpaired) electrons. The van der Waals surface area contributed by atoms with Crippen LogP contribution < -0.4 is 4.74 Å². The first kappa shape index (κ1) is 22.4. The number of hydrogen-bond acceptors (Lipinski definition) is 2. The van der Waals surface area contributed by atoms with Crippen LogP contribution in [0.25, 0.3) is 11.1 Å². The summed E-state index contributed by atoms with van der Waals surface area (Å²) in [6.07, 6.45) is 6.67. The number of unbranched alkanes of at least 4 members (excludes halogenated alkanes) is 1. The molecule has 5 heteroatoms. The highest BCUT2D eigenvalue weighted by Gasteiger charge is 2.27. The average Bonchev–Trinajstić information content (AvgIpc) is 2.75. The Morgan fingerprint density at radius 2 is 1.90 bits per heavy atom. The van der Waals surface area contributed by atoms with E-state index in [0.29, 0.717) is 31.3 Å². The van der Waals surface area contributed by atoms with Gasteiger partial charge in [0.05, 0.1) is 19.3 Å². The molecule has 2 atom stereocenters. The maximum absolute atomic E-state index is 14.8. The summed E-state index contributed by atoms with van der Waals surface area (Å²) in [6, 6.07) is 7.13. The van der Waals surface area contributed by atoms with Crippen LogP contribution in [0.15, 0.2) is 43.0 Å². The largest absolute Gasteiger partial charge is 0.493 e. The van der Waals surface area contributed by atoms with Crippen LogP contribution in [0.1, 0.15) is 57.1 Å². The van der Waals surface area contributed by atoms with E-state index in [9.17, 15) is 13.2 Å². The summed E-state index contributed by atoms with van der Waals surface area (Å²) in [4.78, 5) is 0. The van der Waals surface area contributed by atoms with Gasteiger partial charge < -0.3 is 9.47 Å². The third kappa shape index (κ3) is 5.25. The zero-order valence-corrected chi connectivity index (χ0v) is 17.4. The van der Waals surface area contributed by atoms with Gasteiger partial charge in [-0.1, -0.05) is 31.6 Å². The lowest BCUT2D eigenvalue weighted by atomic mass is 9.91. The van der Waals surface area contributed by atoms with Crippen molar-refractivity contribution in [3.63, 3.8) is 0 Å². The van der Waals surface area contributed by atoms with E-state index in [0.717, 1.165) is 32.1 Å². The molecule has 0 N–H and O–H groups in total. The molecule has 0 amide bonds. The van der Waals surface area contributed by atoms with Gasteiger partial charge in [0.2, 0.25) is 0 Å². The van der Waals surface area contributed by atoms with Gasteiger partial charge in [-0.3, -0.25) is 0 Å². The van der Waals surface area contributed by atoms with Crippen molar-refractivity contribution in [1.82, 2.24) is 0 Å². The van der Waals surface area contributed by atoms with Gasteiger partial charge in [0, 0.05) is 22.8 Å². The minimum atomic E-state index is -1.05. The van der Waals surface area contributed by atoms with Gasteiger partial charge in [0.25, 0.3) is 0 Å². The number of hydrogen-bond donors (Lipinski definition) is 0. The van der Waals surface area contributed by atoms with Gasteiger partial charge >= 0.3 is 0 Å². The van der Waals surface area contributed by atoms with E-state index in [4.69, 9.17) is 9.47 Å². The highest BCUT2D eigenvalue weighted by molar-refractivity contribution is 5.66. The molecule has 30 heavy (non-hydrogen) atoms. The summed E-state index contributed by atoms with van der Waals surface area (Å²) >= 11 is 0. The zero-order valence-electron chi connectivity index (χ0n) is 17.4. The SMILES string of the molecule is C=CCCCOc1ccc(-c2ccc(C3CCC(CCC)CO3)c(F)c2F)c(F)c1. The quantitative estimate of drug-likeness (QED) is 0.312. The van der Waals surface area contributed by atoms with E-state index >= 15 is 0 Å². The van der Waals surface area contributed by atoms with Crippen LogP contribution in [0, 0.1) is 23.4 Å². The first-order chi connectivity index (χ1) is 14.5. The average molecular weight is 418 g/mol. The molecule has 0 saturated carbocycles. The van der Waals surface area contributed by atoms with Crippen molar-refractivity contribution in [2.45, 2.75) is 51.6 Å². The molecule has 0 aliphatic carbocycles. The molecule has 2 nitrogen and oxygen atoms in total. The number of ether oxygens (including phenoxy) is 2. The second-order valence-electron chi connectivity index (χ2n) is 7.81. The van der Waals surface area contributed by atoms with Crippen LogP contribution in [0.2, 0.25) is 0 Å². The lowest BCUT2D eigenvalue weighted by Crippen LogP contribution is -2.21. The maximum Gasteiger partial charge on any atom is 0.167 e. The van der Waals surface area contributed by atoms with E-state index in [1.165, 1.54) is 24.3 Å². The van der Waals surface area contributed by atoms with Crippen molar-refractivity contribution in [2.75, 3.05) is 13.2 Å². The maximum atomic E-state index is 14.8. The van der Waals surface area contributed by atoms with Gasteiger partial charge in [0.15, 0.2) is 11.6 Å². The highest BCUT2D eigenvalue weighted by Crippen LogP contribution is 2.37. The Balaban J connectivity index is 1.74. The molecule has 2 aromatic rings. The predicted octanol–water partition coefficient (Wildman–Crippen LogP) is 7.38. The summed E-state index contributed by atoms with van der Waals surface area (Å²) < 4.78 is 55.5. The van der Waals surface area contributed by atoms with Gasteiger partial charge in [-0.25, -0.2) is 13.2 Å². The zero-order chi connectivity index (χ0) is 21.5. The first-order valence-electron chi connectivity index (χ1n) is 10.7. The molecule has 0 aromatic heterocycles. The molecule has 1 aliphatic heterocycles. The monoisotopic (exact) mass is 418 g/mol. The van der Waals surface area contributed by atoms with E-state index < -0.39 is 23.6 Å². The summed E-state index contributed by atoms with van der Waals surface area (Å²) in [6.45, 7) is 6.76. The minimum Gasteiger partial charge on any atom is -0.493 e. The molecular weight excluding hydrogens is 389 g/mol. The van der Waals surface area contributed by atoms with Crippen molar-refractivity contribution >= 4 is 0 Å². The predicted molar refractivity (Wildman–Crippen MR) is 113 cm³/mol. The Hall–Kier alpha value is -2.27. The Morgan fingerprint density at radius 1 is 1.10 bits per heavy atom. The van der Waals surface area contributed by atoms with Crippen molar-refractivity contribution in [3.8, 4) is 16.9 Å². The second-order valence-corrected chi connectivity index (χ2v) is 7.81. The fraction of sp³-hybridized carbons (Fsp3) is 0.440. The molecule has 1 aliphatic rings. The van der Waals surface area contributed by atoms with Gasteiger partial charge in [-0.15, -0.1) is 6.58 Å². The van der Waals surface area contributed by atoms with Crippen LogP contribution in [-0.4, -0.2) is 13.2 Å². The Labute approximate surface area is 176 Å².